The Morgan fingerprint density at radius 1 is 0.571 bits per heavy atom. The summed E-state index contributed by atoms with van der Waals surface area (Å²) in [5, 5.41) is 0. The van der Waals surface area contributed by atoms with Crippen LogP contribution in [0.15, 0.2) is 0 Å². The van der Waals surface area contributed by atoms with Crippen molar-refractivity contribution in [2.24, 2.45) is 0 Å². The maximum atomic E-state index is 0. The van der Waals surface area contributed by atoms with Crippen molar-refractivity contribution < 1.29 is 16.4 Å². The third-order valence-corrected chi connectivity index (χ3v) is 0. The normalized spacial score (nSPS) is 0. The van der Waals surface area contributed by atoms with Crippen LogP contribution in [0.1, 0.15) is 0 Å². The molecule has 0 aliphatic rings. The first-order chi connectivity index (χ1) is 0. The van der Waals surface area contributed by atoms with E-state index in [1.165, 1.54) is 0 Å². The molecule has 0 atom stereocenters. The molecular formula is H4Al2CaMgO3. The maximum Gasteiger partial charge on any atom is 0.316 e. The third-order valence-electron chi connectivity index (χ3n) is 0. The number of rotatable bonds is 0. The topological polar surface area (TPSA) is 85.5 Å². The minimum atomic E-state index is 0. The molecule has 0 saturated heterocycles. The number of hydrogen-bond donors (Lipinski definition) is 0. The molecule has 0 aromatic rings. The Bertz CT molecular complexity index is 12.9. The monoisotopic (exact) mass is 170 g/mol. The Morgan fingerprint density at radius 2 is 0.571 bits per heavy atom. The standard InChI is InChI=1S/2Al.Ca.Mg.3O.4H/q2*+3;;;3*-2;;;;. The van der Waals surface area contributed by atoms with E-state index < -0.39 is 0 Å². The summed E-state index contributed by atoms with van der Waals surface area (Å²) in [4.78, 5) is 0. The van der Waals surface area contributed by atoms with Crippen molar-refractivity contribution in [1.29, 1.82) is 0 Å². The van der Waals surface area contributed by atoms with Crippen molar-refractivity contribution in [3.8, 4) is 0 Å². The molecule has 0 aromatic carbocycles. The molecule has 0 fully saturated rings. The van der Waals surface area contributed by atoms with Crippen LogP contribution in [0.3, 0.4) is 0 Å². The first-order valence-corrected chi connectivity index (χ1v) is 0. The molecule has 7 heteroatoms. The minimum absolute atomic E-state index is 0. The summed E-state index contributed by atoms with van der Waals surface area (Å²) in [7, 11) is 0. The maximum absolute atomic E-state index is 0. The van der Waals surface area contributed by atoms with Crippen molar-refractivity contribution in [1.82, 2.24) is 0 Å². The van der Waals surface area contributed by atoms with Gasteiger partial charge in [-0.15, -0.1) is 0 Å². The summed E-state index contributed by atoms with van der Waals surface area (Å²) in [6.07, 6.45) is 0. The van der Waals surface area contributed by atoms with Crippen LogP contribution in [0.5, 0.6) is 0 Å². The molecule has 0 aliphatic heterocycles. The summed E-state index contributed by atoms with van der Waals surface area (Å²) < 4.78 is 0. The molecule has 0 spiro atoms. The molecule has 0 aromatic heterocycles. The predicted octanol–water partition coefficient (Wildman–Crippen LogP) is -2.95. The van der Waals surface area contributed by atoms with Gasteiger partial charge in [-0.25, -0.2) is 0 Å². The summed E-state index contributed by atoms with van der Waals surface area (Å²) in [6.45, 7) is 0. The van der Waals surface area contributed by atoms with Crippen LogP contribution in [0, 0.1) is 0 Å². The van der Waals surface area contributed by atoms with Crippen molar-refractivity contribution in [2.45, 2.75) is 0 Å². The first kappa shape index (κ1) is 90.9. The van der Waals surface area contributed by atoms with Crippen molar-refractivity contribution in [3.63, 3.8) is 0 Å². The van der Waals surface area contributed by atoms with E-state index in [4.69, 9.17) is 0 Å². The van der Waals surface area contributed by atoms with Gasteiger partial charge in [0.2, 0.25) is 0 Å². The van der Waals surface area contributed by atoms with Gasteiger partial charge in [0.1, 0.15) is 0 Å². The molecule has 0 saturated carbocycles. The van der Waals surface area contributed by atoms with Gasteiger partial charge in [0.25, 0.3) is 0 Å². The molecule has 0 rings (SSSR count). The van der Waals surface area contributed by atoms with Gasteiger partial charge < -0.3 is 16.4 Å². The average molecular weight is 170 g/mol. The fourth-order valence-corrected chi connectivity index (χ4v) is 0. The zero-order valence-corrected chi connectivity index (χ0v) is 4.69. The molecule has 0 aliphatic carbocycles. The second kappa shape index (κ2) is 64.6. The van der Waals surface area contributed by atoms with E-state index in [0.29, 0.717) is 0 Å². The van der Waals surface area contributed by atoms with E-state index in [1.54, 1.807) is 0 Å². The quantitative estimate of drug-likeness (QED) is 0.348. The Morgan fingerprint density at radius 3 is 0.571 bits per heavy atom. The van der Waals surface area contributed by atoms with Crippen molar-refractivity contribution in [3.05, 3.63) is 0 Å². The van der Waals surface area contributed by atoms with Crippen LogP contribution in [0.25, 0.3) is 0 Å². The SMILES string of the molecule is [Al+3].[Al+3].[CaH2].[MgH2].[O-2].[O-2].[O-2]. The predicted molar refractivity (Wildman–Crippen MR) is 30.7 cm³/mol. The van der Waals surface area contributed by atoms with Gasteiger partial charge in [0.05, 0.1) is 0 Å². The van der Waals surface area contributed by atoms with Gasteiger partial charge in [-0.2, -0.15) is 0 Å². The summed E-state index contributed by atoms with van der Waals surface area (Å²) in [5.74, 6) is 0. The Kier molecular flexibility index (Phi) is 839. The van der Waals surface area contributed by atoms with Gasteiger partial charge >= 0.3 is 95.5 Å². The molecule has 0 heterocycles. The zero-order valence-electron chi connectivity index (χ0n) is 2.38. The molecular weight excluding hydrogens is 166 g/mol. The van der Waals surface area contributed by atoms with E-state index in [-0.39, 0.29) is 112 Å². The molecule has 0 unspecified atom stereocenters. The minimum Gasteiger partial charge on any atom is -2.00 e. The van der Waals surface area contributed by atoms with E-state index in [0.717, 1.165) is 0 Å². The van der Waals surface area contributed by atoms with Crippen LogP contribution < -0.4 is 0 Å². The van der Waals surface area contributed by atoms with Crippen LogP contribution in [0.4, 0.5) is 0 Å². The Labute approximate surface area is 110 Å². The summed E-state index contributed by atoms with van der Waals surface area (Å²) >= 11 is 0. The fourth-order valence-electron chi connectivity index (χ4n) is 0. The van der Waals surface area contributed by atoms with Gasteiger partial charge in [-0.05, 0) is 0 Å². The van der Waals surface area contributed by atoms with Crippen molar-refractivity contribution >= 4 is 95.5 Å². The third kappa shape index (κ3) is 49.4. The van der Waals surface area contributed by atoms with E-state index >= 15 is 0 Å². The van der Waals surface area contributed by atoms with Crippen LogP contribution >= 0.6 is 0 Å². The van der Waals surface area contributed by atoms with E-state index in [1.807, 2.05) is 0 Å². The zero-order chi connectivity index (χ0) is 0. The fraction of sp³-hybridized carbons (Fsp3) is 0. The molecule has 0 N–H and O–H groups in total. The Balaban J connectivity index is 0. The van der Waals surface area contributed by atoms with Crippen LogP contribution in [-0.2, 0) is 16.4 Å². The first-order valence-electron chi connectivity index (χ1n) is 0. The van der Waals surface area contributed by atoms with E-state index in [2.05, 4.69) is 0 Å². The molecule has 0 amide bonds. The van der Waals surface area contributed by atoms with Gasteiger partial charge in [-0.1, -0.05) is 0 Å². The molecule has 7 heavy (non-hydrogen) atoms. The van der Waals surface area contributed by atoms with Crippen molar-refractivity contribution in [2.75, 3.05) is 0 Å². The van der Waals surface area contributed by atoms with Crippen LogP contribution in [-0.4, -0.2) is 95.5 Å². The second-order valence-corrected chi connectivity index (χ2v) is 0. The molecule has 0 radical (unpaired) electrons. The molecule has 32 valence electrons. The van der Waals surface area contributed by atoms with Crippen LogP contribution in [0.2, 0.25) is 0 Å². The van der Waals surface area contributed by atoms with Gasteiger partial charge in [0, 0.05) is 0 Å². The summed E-state index contributed by atoms with van der Waals surface area (Å²) in [5.41, 5.74) is 0. The Hall–Kier alpha value is 2.97. The summed E-state index contributed by atoms with van der Waals surface area (Å²) in [6, 6.07) is 0. The average Bonchev–Trinajstić information content (AvgIpc) is 0. The molecule has 0 bridgehead atoms. The van der Waals surface area contributed by atoms with E-state index in [9.17, 15) is 0 Å². The largest absolute Gasteiger partial charge is 2.00 e. The smallest absolute Gasteiger partial charge is 0.316 e. The second-order valence-electron chi connectivity index (χ2n) is 0. The van der Waals surface area contributed by atoms with Gasteiger partial charge in [0.15, 0.2) is 0 Å². The molecule has 3 nitrogen and oxygen atoms in total. The number of hydrogen-bond acceptors (Lipinski definition) is 0. The van der Waals surface area contributed by atoms with Gasteiger partial charge in [-0.3, -0.25) is 0 Å².